The highest BCUT2D eigenvalue weighted by molar-refractivity contribution is 5.83. The largest absolute Gasteiger partial charge is 0.508 e. The van der Waals surface area contributed by atoms with Crippen LogP contribution in [0.15, 0.2) is 18.2 Å². The van der Waals surface area contributed by atoms with Crippen LogP contribution >= 0.6 is 0 Å². The monoisotopic (exact) mass is 248 g/mol. The van der Waals surface area contributed by atoms with E-state index in [9.17, 15) is 15.0 Å². The van der Waals surface area contributed by atoms with Crippen molar-refractivity contribution in [3.8, 4) is 5.75 Å². The second-order valence-corrected chi connectivity index (χ2v) is 4.96. The van der Waals surface area contributed by atoms with Crippen molar-refractivity contribution in [2.24, 2.45) is 0 Å². The van der Waals surface area contributed by atoms with Gasteiger partial charge in [0.05, 0.1) is 18.7 Å². The van der Waals surface area contributed by atoms with Crippen LogP contribution in [0.25, 0.3) is 0 Å². The number of aliphatic hydroxyl groups excluding tert-OH is 1. The molecule has 0 saturated carbocycles. The van der Waals surface area contributed by atoms with Gasteiger partial charge >= 0.3 is 0 Å². The maximum atomic E-state index is 12.2. The summed E-state index contributed by atoms with van der Waals surface area (Å²) in [5.74, 6) is 0.254. The van der Waals surface area contributed by atoms with Gasteiger partial charge in [0.25, 0.3) is 0 Å². The molecule has 2 aliphatic rings. The van der Waals surface area contributed by atoms with E-state index in [0.717, 1.165) is 11.1 Å². The molecule has 1 saturated heterocycles. The van der Waals surface area contributed by atoms with Gasteiger partial charge in [-0.1, -0.05) is 12.1 Å². The van der Waals surface area contributed by atoms with Crippen LogP contribution in [0.2, 0.25) is 0 Å². The van der Waals surface area contributed by atoms with E-state index in [4.69, 9.17) is 0 Å². The Labute approximate surface area is 105 Å². The summed E-state index contributed by atoms with van der Waals surface area (Å²) < 4.78 is 0. The summed E-state index contributed by atoms with van der Waals surface area (Å²) in [7, 11) is 0. The highest BCUT2D eigenvalue weighted by Gasteiger charge is 2.34. The number of aromatic hydroxyl groups is 1. The SMILES string of the molecule is O=C([C@H]1C[C@H](O)CN1)N1Cc2cccc(O)c2C1. The molecule has 1 amide bonds. The Hall–Kier alpha value is -1.59. The highest BCUT2D eigenvalue weighted by Crippen LogP contribution is 2.30. The van der Waals surface area contributed by atoms with Gasteiger partial charge in [0.2, 0.25) is 5.91 Å². The number of phenols is 1. The predicted octanol–water partition coefficient (Wildman–Crippen LogP) is -0.0428. The van der Waals surface area contributed by atoms with Crippen molar-refractivity contribution in [1.29, 1.82) is 0 Å². The molecule has 5 heteroatoms. The van der Waals surface area contributed by atoms with Gasteiger partial charge < -0.3 is 20.4 Å². The van der Waals surface area contributed by atoms with Crippen LogP contribution < -0.4 is 5.32 Å². The minimum Gasteiger partial charge on any atom is -0.508 e. The number of rotatable bonds is 1. The average Bonchev–Trinajstić information content (AvgIpc) is 2.95. The van der Waals surface area contributed by atoms with Crippen LogP contribution in [0, 0.1) is 0 Å². The van der Waals surface area contributed by atoms with E-state index in [0.29, 0.717) is 26.1 Å². The summed E-state index contributed by atoms with van der Waals surface area (Å²) in [5.41, 5.74) is 1.84. The summed E-state index contributed by atoms with van der Waals surface area (Å²) >= 11 is 0. The minimum absolute atomic E-state index is 0.00199. The van der Waals surface area contributed by atoms with Crippen molar-refractivity contribution >= 4 is 5.91 Å². The lowest BCUT2D eigenvalue weighted by atomic mass is 10.1. The van der Waals surface area contributed by atoms with Crippen molar-refractivity contribution in [2.75, 3.05) is 6.54 Å². The third-order valence-electron chi connectivity index (χ3n) is 3.68. The first-order chi connectivity index (χ1) is 8.65. The molecule has 3 N–H and O–H groups in total. The third-order valence-corrected chi connectivity index (χ3v) is 3.68. The van der Waals surface area contributed by atoms with Gasteiger partial charge in [-0.3, -0.25) is 4.79 Å². The van der Waals surface area contributed by atoms with Gasteiger partial charge in [-0.2, -0.15) is 0 Å². The number of β-amino-alcohol motifs (C(OH)–C–C–N with tert-alkyl or cyclic N) is 1. The lowest BCUT2D eigenvalue weighted by molar-refractivity contribution is -0.133. The molecule has 1 aromatic rings. The second kappa shape index (κ2) is 4.26. The lowest BCUT2D eigenvalue weighted by Crippen LogP contribution is -2.40. The van der Waals surface area contributed by atoms with Gasteiger partial charge in [-0.15, -0.1) is 0 Å². The van der Waals surface area contributed by atoms with Crippen molar-refractivity contribution in [1.82, 2.24) is 10.2 Å². The summed E-state index contributed by atoms with van der Waals surface area (Å²) in [6, 6.07) is 5.07. The summed E-state index contributed by atoms with van der Waals surface area (Å²) in [5, 5.41) is 22.2. The molecule has 0 bridgehead atoms. The molecule has 2 aliphatic heterocycles. The molecule has 2 heterocycles. The van der Waals surface area contributed by atoms with Gasteiger partial charge in [-0.05, 0) is 18.1 Å². The number of hydrogen-bond donors (Lipinski definition) is 3. The number of benzene rings is 1. The molecule has 1 fully saturated rings. The highest BCUT2D eigenvalue weighted by atomic mass is 16.3. The Bertz CT molecular complexity index is 489. The number of nitrogens with zero attached hydrogens (tertiary/aromatic N) is 1. The van der Waals surface area contributed by atoms with E-state index >= 15 is 0 Å². The van der Waals surface area contributed by atoms with Gasteiger partial charge in [0, 0.05) is 18.7 Å². The minimum atomic E-state index is -0.433. The lowest BCUT2D eigenvalue weighted by Gasteiger charge is -2.19. The van der Waals surface area contributed by atoms with Crippen LogP contribution in [0.4, 0.5) is 0 Å². The van der Waals surface area contributed by atoms with Crippen LogP contribution in [-0.4, -0.2) is 39.7 Å². The van der Waals surface area contributed by atoms with Crippen molar-refractivity contribution < 1.29 is 15.0 Å². The molecular formula is C13H16N2O3. The maximum absolute atomic E-state index is 12.2. The molecule has 0 aliphatic carbocycles. The second-order valence-electron chi connectivity index (χ2n) is 4.96. The van der Waals surface area contributed by atoms with Crippen molar-refractivity contribution in [3.05, 3.63) is 29.3 Å². The molecule has 0 aromatic heterocycles. The predicted molar refractivity (Wildman–Crippen MR) is 64.8 cm³/mol. The van der Waals surface area contributed by atoms with E-state index < -0.39 is 6.10 Å². The topological polar surface area (TPSA) is 72.8 Å². The molecule has 0 unspecified atom stereocenters. The number of amides is 1. The fraction of sp³-hybridized carbons (Fsp3) is 0.462. The zero-order chi connectivity index (χ0) is 12.7. The number of carbonyl (C=O) groups excluding carboxylic acids is 1. The van der Waals surface area contributed by atoms with Crippen LogP contribution in [-0.2, 0) is 17.9 Å². The van der Waals surface area contributed by atoms with Crippen LogP contribution in [0.1, 0.15) is 17.5 Å². The average molecular weight is 248 g/mol. The summed E-state index contributed by atoms with van der Waals surface area (Å²) in [6.45, 7) is 1.47. The Morgan fingerprint density at radius 3 is 2.89 bits per heavy atom. The molecule has 3 rings (SSSR count). The third kappa shape index (κ3) is 1.85. The molecule has 2 atom stereocenters. The van der Waals surface area contributed by atoms with Gasteiger partial charge in [0.15, 0.2) is 0 Å². The smallest absolute Gasteiger partial charge is 0.240 e. The first-order valence-corrected chi connectivity index (χ1v) is 6.15. The maximum Gasteiger partial charge on any atom is 0.240 e. The van der Waals surface area contributed by atoms with Gasteiger partial charge in [0.1, 0.15) is 5.75 Å². The van der Waals surface area contributed by atoms with Gasteiger partial charge in [-0.25, -0.2) is 0 Å². The molecule has 1 aromatic carbocycles. The van der Waals surface area contributed by atoms with Crippen molar-refractivity contribution in [2.45, 2.75) is 31.7 Å². The van der Waals surface area contributed by atoms with E-state index in [1.165, 1.54) is 0 Å². The fourth-order valence-electron chi connectivity index (χ4n) is 2.69. The number of fused-ring (bicyclic) bond motifs is 1. The Balaban J connectivity index is 1.74. The van der Waals surface area contributed by atoms with E-state index in [-0.39, 0.29) is 17.7 Å². The molecule has 18 heavy (non-hydrogen) atoms. The zero-order valence-electron chi connectivity index (χ0n) is 9.97. The normalized spacial score (nSPS) is 26.4. The standard InChI is InChI=1S/C13H16N2O3/c16-9-4-11(14-5-9)13(18)15-6-8-2-1-3-12(17)10(8)7-15/h1-3,9,11,14,16-17H,4-7H2/t9-,11+/m0/s1. The summed E-state index contributed by atoms with van der Waals surface area (Å²) in [4.78, 5) is 14.0. The van der Waals surface area contributed by atoms with E-state index in [1.54, 1.807) is 17.0 Å². The Morgan fingerprint density at radius 1 is 1.39 bits per heavy atom. The zero-order valence-corrected chi connectivity index (χ0v) is 9.97. The molecule has 0 radical (unpaired) electrons. The first kappa shape index (κ1) is 11.5. The Kier molecular flexibility index (Phi) is 2.72. The number of carbonyl (C=O) groups is 1. The molecular weight excluding hydrogens is 232 g/mol. The van der Waals surface area contributed by atoms with E-state index in [2.05, 4.69) is 5.32 Å². The fourth-order valence-corrected chi connectivity index (χ4v) is 2.69. The molecule has 96 valence electrons. The number of nitrogens with one attached hydrogen (secondary N) is 1. The number of phenolic OH excluding ortho intramolecular Hbond substituents is 1. The molecule has 0 spiro atoms. The van der Waals surface area contributed by atoms with Crippen LogP contribution in [0.5, 0.6) is 5.75 Å². The van der Waals surface area contributed by atoms with Crippen molar-refractivity contribution in [3.63, 3.8) is 0 Å². The quantitative estimate of drug-likeness (QED) is 0.652. The van der Waals surface area contributed by atoms with Crippen LogP contribution in [0.3, 0.4) is 0 Å². The molecule has 5 nitrogen and oxygen atoms in total. The number of hydrogen-bond acceptors (Lipinski definition) is 4. The Morgan fingerprint density at radius 2 is 2.22 bits per heavy atom. The first-order valence-electron chi connectivity index (χ1n) is 6.15. The number of aliphatic hydroxyl groups is 1. The van der Waals surface area contributed by atoms with E-state index in [1.807, 2.05) is 6.07 Å². The summed E-state index contributed by atoms with van der Waals surface area (Å²) in [6.07, 6.45) is 0.0369.